The minimum Gasteiger partial charge on any atom is -0.324 e. The first kappa shape index (κ1) is 14.7. The molecular formula is C13H13N3O2S2. The Hall–Kier alpha value is -1.73. The largest absolute Gasteiger partial charge is 0.324 e. The van der Waals surface area contributed by atoms with E-state index in [9.17, 15) is 9.59 Å². The van der Waals surface area contributed by atoms with Crippen molar-refractivity contribution in [3.8, 4) is 0 Å². The lowest BCUT2D eigenvalue weighted by Crippen LogP contribution is -2.23. The number of carbonyl (C=O) groups excluding carboxylic acids is 2. The predicted molar refractivity (Wildman–Crippen MR) is 80.3 cm³/mol. The summed E-state index contributed by atoms with van der Waals surface area (Å²) in [6.07, 6.45) is 0. The number of rotatable bonds is 5. The van der Waals surface area contributed by atoms with Gasteiger partial charge >= 0.3 is 0 Å². The maximum absolute atomic E-state index is 12.1. The Bertz CT molecular complexity index is 614. The molecule has 104 valence electrons. The van der Waals surface area contributed by atoms with Crippen molar-refractivity contribution in [2.45, 2.75) is 23.4 Å². The molecule has 7 heteroatoms. The zero-order valence-corrected chi connectivity index (χ0v) is 12.6. The highest BCUT2D eigenvalue weighted by Crippen LogP contribution is 2.25. The summed E-state index contributed by atoms with van der Waals surface area (Å²) in [5.41, 5.74) is 2.67. The zero-order chi connectivity index (χ0) is 14.5. The molecule has 1 atom stereocenters. The number of Topliss-reactive ketones (excluding diaryl/α,β-unsaturated/α-hetero) is 1. The number of hydrogen-bond acceptors (Lipinski definition) is 6. The molecular weight excluding hydrogens is 294 g/mol. The quantitative estimate of drug-likeness (QED) is 0.679. The second-order valence-corrected chi connectivity index (χ2v) is 6.48. The molecule has 0 saturated carbocycles. The Morgan fingerprint density at radius 2 is 2.10 bits per heavy atom. The van der Waals surface area contributed by atoms with Gasteiger partial charge in [0, 0.05) is 5.56 Å². The van der Waals surface area contributed by atoms with E-state index in [-0.39, 0.29) is 16.9 Å². The lowest BCUT2D eigenvalue weighted by molar-refractivity contribution is -0.115. The SMILES string of the molecule is CC(=O)c1ccccc1NC(=O)[C@H](C)Sc1nncs1. The topological polar surface area (TPSA) is 72.0 Å². The summed E-state index contributed by atoms with van der Waals surface area (Å²) in [5, 5.41) is 10.1. The molecule has 1 aromatic carbocycles. The molecule has 5 nitrogen and oxygen atoms in total. The van der Waals surface area contributed by atoms with Crippen LogP contribution in [0.15, 0.2) is 34.1 Å². The summed E-state index contributed by atoms with van der Waals surface area (Å²) >= 11 is 2.73. The van der Waals surface area contributed by atoms with Crippen molar-refractivity contribution >= 4 is 40.5 Å². The Morgan fingerprint density at radius 1 is 1.35 bits per heavy atom. The minimum absolute atomic E-state index is 0.0784. The van der Waals surface area contributed by atoms with Gasteiger partial charge in [-0.15, -0.1) is 10.2 Å². The molecule has 0 aliphatic carbocycles. The van der Waals surface area contributed by atoms with Gasteiger partial charge in [0.05, 0.1) is 10.9 Å². The average molecular weight is 307 g/mol. The molecule has 1 heterocycles. The van der Waals surface area contributed by atoms with Gasteiger partial charge in [-0.1, -0.05) is 35.2 Å². The van der Waals surface area contributed by atoms with Crippen molar-refractivity contribution in [2.24, 2.45) is 0 Å². The molecule has 0 unspecified atom stereocenters. The normalized spacial score (nSPS) is 11.9. The van der Waals surface area contributed by atoms with Crippen LogP contribution < -0.4 is 5.32 Å². The molecule has 1 amide bonds. The predicted octanol–water partition coefficient (Wildman–Crippen LogP) is 2.86. The van der Waals surface area contributed by atoms with Gasteiger partial charge in [-0.05, 0) is 26.0 Å². The van der Waals surface area contributed by atoms with Gasteiger partial charge in [0.15, 0.2) is 10.1 Å². The number of nitrogens with zero attached hydrogens (tertiary/aromatic N) is 2. The Balaban J connectivity index is 2.06. The van der Waals surface area contributed by atoms with Crippen LogP contribution >= 0.6 is 23.1 Å². The number of nitrogens with one attached hydrogen (secondary N) is 1. The summed E-state index contributed by atoms with van der Waals surface area (Å²) in [7, 11) is 0. The summed E-state index contributed by atoms with van der Waals surface area (Å²) in [4.78, 5) is 23.6. The van der Waals surface area contributed by atoms with Gasteiger partial charge in [-0.25, -0.2) is 0 Å². The molecule has 0 fully saturated rings. The summed E-state index contributed by atoms with van der Waals surface area (Å²) in [5.74, 6) is -0.246. The molecule has 0 saturated heterocycles. The number of benzene rings is 1. The van der Waals surface area contributed by atoms with Crippen molar-refractivity contribution in [1.82, 2.24) is 10.2 Å². The van der Waals surface area contributed by atoms with Crippen LogP contribution in [-0.2, 0) is 4.79 Å². The van der Waals surface area contributed by atoms with Gasteiger partial charge in [-0.3, -0.25) is 9.59 Å². The highest BCUT2D eigenvalue weighted by atomic mass is 32.2. The van der Waals surface area contributed by atoms with E-state index in [2.05, 4.69) is 15.5 Å². The maximum atomic E-state index is 12.1. The van der Waals surface area contributed by atoms with Crippen LogP contribution in [0.2, 0.25) is 0 Å². The lowest BCUT2D eigenvalue weighted by atomic mass is 10.1. The first-order chi connectivity index (χ1) is 9.58. The summed E-state index contributed by atoms with van der Waals surface area (Å²) in [6.45, 7) is 3.27. The highest BCUT2D eigenvalue weighted by Gasteiger charge is 2.18. The maximum Gasteiger partial charge on any atom is 0.237 e. The number of ketones is 1. The van der Waals surface area contributed by atoms with Gasteiger partial charge in [-0.2, -0.15) is 0 Å². The minimum atomic E-state index is -0.317. The van der Waals surface area contributed by atoms with Crippen LogP contribution in [0.1, 0.15) is 24.2 Å². The monoisotopic (exact) mass is 307 g/mol. The van der Waals surface area contributed by atoms with E-state index in [4.69, 9.17) is 0 Å². The zero-order valence-electron chi connectivity index (χ0n) is 11.0. The van der Waals surface area contributed by atoms with Crippen molar-refractivity contribution in [2.75, 3.05) is 5.32 Å². The third-order valence-electron chi connectivity index (χ3n) is 2.55. The molecule has 0 aliphatic rings. The molecule has 0 aliphatic heterocycles. The number of anilines is 1. The van der Waals surface area contributed by atoms with E-state index < -0.39 is 0 Å². The molecule has 20 heavy (non-hydrogen) atoms. The van der Waals surface area contributed by atoms with Crippen LogP contribution in [0.3, 0.4) is 0 Å². The number of carbonyl (C=O) groups is 2. The van der Waals surface area contributed by atoms with Crippen LogP contribution in [-0.4, -0.2) is 27.1 Å². The van der Waals surface area contributed by atoms with E-state index in [1.54, 1.807) is 36.7 Å². The smallest absolute Gasteiger partial charge is 0.237 e. The van der Waals surface area contributed by atoms with Crippen molar-refractivity contribution < 1.29 is 9.59 Å². The van der Waals surface area contributed by atoms with E-state index in [0.717, 1.165) is 4.34 Å². The second-order valence-electron chi connectivity index (χ2n) is 4.06. The first-order valence-corrected chi connectivity index (χ1v) is 7.67. The molecule has 2 aromatic rings. The Kier molecular flexibility index (Phi) is 4.86. The van der Waals surface area contributed by atoms with E-state index in [1.165, 1.54) is 30.0 Å². The van der Waals surface area contributed by atoms with Crippen molar-refractivity contribution in [3.05, 3.63) is 35.3 Å². The van der Waals surface area contributed by atoms with Crippen molar-refractivity contribution in [1.29, 1.82) is 0 Å². The molecule has 0 bridgehead atoms. The van der Waals surface area contributed by atoms with Crippen LogP contribution in [0.25, 0.3) is 0 Å². The van der Waals surface area contributed by atoms with Crippen molar-refractivity contribution in [3.63, 3.8) is 0 Å². The first-order valence-electron chi connectivity index (χ1n) is 5.91. The Morgan fingerprint density at radius 3 is 2.75 bits per heavy atom. The molecule has 1 N–H and O–H groups in total. The van der Waals surface area contributed by atoms with E-state index in [1.807, 2.05) is 0 Å². The van der Waals surface area contributed by atoms with Crippen LogP contribution in [0.4, 0.5) is 5.69 Å². The molecule has 0 spiro atoms. The number of amides is 1. The third-order valence-corrected chi connectivity index (χ3v) is 4.46. The van der Waals surface area contributed by atoms with Gasteiger partial charge in [0.2, 0.25) is 5.91 Å². The van der Waals surface area contributed by atoms with Gasteiger partial charge < -0.3 is 5.32 Å². The highest BCUT2D eigenvalue weighted by molar-refractivity contribution is 8.02. The van der Waals surface area contributed by atoms with Crippen LogP contribution in [0, 0.1) is 0 Å². The second kappa shape index (κ2) is 6.62. The fraction of sp³-hybridized carbons (Fsp3) is 0.231. The standard InChI is InChI=1S/C13H13N3O2S2/c1-8(17)10-5-3-4-6-11(10)15-12(18)9(2)20-13-16-14-7-19-13/h3-7,9H,1-2H3,(H,15,18)/t9-/m0/s1. The number of aromatic nitrogens is 2. The van der Waals surface area contributed by atoms with E-state index in [0.29, 0.717) is 11.3 Å². The lowest BCUT2D eigenvalue weighted by Gasteiger charge is -2.12. The third kappa shape index (κ3) is 3.64. The van der Waals surface area contributed by atoms with Gasteiger partial charge in [0.25, 0.3) is 0 Å². The molecule has 2 rings (SSSR count). The number of thioether (sulfide) groups is 1. The average Bonchev–Trinajstić information content (AvgIpc) is 2.91. The molecule has 0 radical (unpaired) electrons. The summed E-state index contributed by atoms with van der Waals surface area (Å²) in [6, 6.07) is 6.97. The fourth-order valence-electron chi connectivity index (χ4n) is 1.55. The Labute approximate surface area is 124 Å². The molecule has 1 aromatic heterocycles. The summed E-state index contributed by atoms with van der Waals surface area (Å²) < 4.78 is 0.743. The fourth-order valence-corrected chi connectivity index (χ4v) is 3.18. The van der Waals surface area contributed by atoms with Crippen LogP contribution in [0.5, 0.6) is 0 Å². The van der Waals surface area contributed by atoms with E-state index >= 15 is 0 Å². The number of para-hydroxylation sites is 1. The van der Waals surface area contributed by atoms with Gasteiger partial charge in [0.1, 0.15) is 5.51 Å². The number of hydrogen-bond donors (Lipinski definition) is 1.